The van der Waals surface area contributed by atoms with Gasteiger partial charge in [-0.15, -0.1) is 0 Å². The molecule has 0 saturated carbocycles. The van der Waals surface area contributed by atoms with Gasteiger partial charge in [-0.2, -0.15) is 0 Å². The predicted molar refractivity (Wildman–Crippen MR) is 314 cm³/mol. The first-order valence-electron chi connectivity index (χ1n) is 33.3. The lowest BCUT2D eigenvalue weighted by molar-refractivity contribution is -0.359. The highest BCUT2D eigenvalue weighted by atomic mass is 16.7. The Kier molecular flexibility index (Phi) is 47.3. The zero-order valence-electron chi connectivity index (χ0n) is 50.2. The van der Waals surface area contributed by atoms with Crippen molar-refractivity contribution < 1.29 is 64.6 Å². The van der Waals surface area contributed by atoms with E-state index in [1.54, 1.807) is 0 Å². The second-order valence-corrected chi connectivity index (χ2v) is 24.0. The van der Waals surface area contributed by atoms with Crippen LogP contribution in [0.4, 0.5) is 0 Å². The minimum absolute atomic E-state index is 0.202. The van der Waals surface area contributed by atoms with Gasteiger partial charge < -0.3 is 65.1 Å². The maximum Gasteiger partial charge on any atom is 0.220 e. The third kappa shape index (κ3) is 35.2. The molecule has 1 amide bonds. The average Bonchev–Trinajstić information content (AvgIpc) is 3.44. The average molecular weight is 1120 g/mol. The van der Waals surface area contributed by atoms with E-state index in [1.165, 1.54) is 231 Å². The molecule has 12 unspecified atom stereocenters. The van der Waals surface area contributed by atoms with E-state index in [-0.39, 0.29) is 12.5 Å². The highest BCUT2D eigenvalue weighted by molar-refractivity contribution is 5.76. The lowest BCUT2D eigenvalue weighted by Gasteiger charge is -2.46. The van der Waals surface area contributed by atoms with Crippen molar-refractivity contribution in [3.63, 3.8) is 0 Å². The van der Waals surface area contributed by atoms with Crippen molar-refractivity contribution in [3.8, 4) is 0 Å². The van der Waals surface area contributed by atoms with Gasteiger partial charge in [0.1, 0.15) is 48.8 Å². The van der Waals surface area contributed by atoms with Crippen LogP contribution in [0.3, 0.4) is 0 Å². The monoisotopic (exact) mass is 1120 g/mol. The summed E-state index contributed by atoms with van der Waals surface area (Å²) in [4.78, 5) is 13.2. The molecule has 0 aromatic carbocycles. The van der Waals surface area contributed by atoms with Crippen LogP contribution < -0.4 is 5.32 Å². The van der Waals surface area contributed by atoms with Gasteiger partial charge in [0.2, 0.25) is 5.91 Å². The number of hydrogen-bond donors (Lipinski definition) is 9. The molecule has 2 saturated heterocycles. The topological polar surface area (TPSA) is 228 Å². The first-order valence-corrected chi connectivity index (χ1v) is 33.3. The molecule has 2 heterocycles. The van der Waals surface area contributed by atoms with Crippen molar-refractivity contribution in [1.82, 2.24) is 5.32 Å². The molecule has 2 fully saturated rings. The fourth-order valence-corrected chi connectivity index (χ4v) is 11.5. The van der Waals surface area contributed by atoms with E-state index in [9.17, 15) is 45.6 Å². The maximum absolute atomic E-state index is 13.2. The fraction of sp³-hybridized carbons (Fsp3) is 0.984. The second-order valence-electron chi connectivity index (χ2n) is 24.0. The van der Waals surface area contributed by atoms with E-state index in [0.29, 0.717) is 12.8 Å². The summed E-state index contributed by atoms with van der Waals surface area (Å²) in [5.74, 6) is -0.202. The molecule has 12 atom stereocenters. The molecule has 2 aliphatic rings. The number of aliphatic hydroxyl groups is 8. The van der Waals surface area contributed by atoms with Gasteiger partial charge in [0.05, 0.1) is 32.0 Å². The standard InChI is InChI=1S/C64H125NO13/c1-3-5-7-9-11-13-15-17-18-19-20-21-22-23-24-25-26-27-28-29-30-31-32-33-34-35-36-37-39-41-43-45-47-53(68)52(65-56(69)48-46-44-42-40-38-16-14-12-10-8-6-4-2)51-75-63-61(74)59(72)62(55(50-67)77-63)78-64-60(73)58(71)57(70)54(49-66)76-64/h52-55,57-64,66-68,70-74H,3-51H2,1-2H3,(H,65,69). The molecular formula is C64H125NO13. The summed E-state index contributed by atoms with van der Waals surface area (Å²) in [6, 6.07) is -0.822. The SMILES string of the molecule is CCCCCCCCCCCCCCCCCCCCCCCCCCCCCCCCCCC(O)C(COC1OC(CO)C(OC2OC(CO)C(O)C(O)C2O)C(O)C1O)NC(=O)CCCCCCCCCCCCCC. The van der Waals surface area contributed by atoms with E-state index >= 15 is 0 Å². The third-order valence-electron chi connectivity index (χ3n) is 16.8. The molecule has 0 aromatic heterocycles. The maximum atomic E-state index is 13.2. The van der Waals surface area contributed by atoms with Gasteiger partial charge in [-0.05, 0) is 12.8 Å². The molecule has 9 N–H and O–H groups in total. The number of hydrogen-bond acceptors (Lipinski definition) is 13. The van der Waals surface area contributed by atoms with Gasteiger partial charge in [0, 0.05) is 6.42 Å². The van der Waals surface area contributed by atoms with Crippen LogP contribution in [-0.4, -0.2) is 140 Å². The fourth-order valence-electron chi connectivity index (χ4n) is 11.5. The van der Waals surface area contributed by atoms with Crippen LogP contribution in [0.25, 0.3) is 0 Å². The van der Waals surface area contributed by atoms with Crippen molar-refractivity contribution in [2.75, 3.05) is 19.8 Å². The zero-order chi connectivity index (χ0) is 56.7. The van der Waals surface area contributed by atoms with Gasteiger partial charge in [-0.25, -0.2) is 0 Å². The molecule has 0 radical (unpaired) electrons. The molecule has 2 aliphatic heterocycles. The zero-order valence-corrected chi connectivity index (χ0v) is 50.2. The summed E-state index contributed by atoms with van der Waals surface area (Å²) in [5, 5.41) is 87.3. The highest BCUT2D eigenvalue weighted by Gasteiger charge is 2.51. The first-order chi connectivity index (χ1) is 38.1. The lowest BCUT2D eigenvalue weighted by atomic mass is 9.97. The Morgan fingerprint density at radius 1 is 0.410 bits per heavy atom. The van der Waals surface area contributed by atoms with E-state index in [4.69, 9.17) is 18.9 Å². The summed E-state index contributed by atoms with van der Waals surface area (Å²) >= 11 is 0. The smallest absolute Gasteiger partial charge is 0.220 e. The van der Waals surface area contributed by atoms with Gasteiger partial charge >= 0.3 is 0 Å². The number of rotatable bonds is 55. The Labute approximate surface area is 476 Å². The summed E-state index contributed by atoms with van der Waals surface area (Å²) < 4.78 is 22.9. The molecular weight excluding hydrogens is 991 g/mol. The molecule has 2 rings (SSSR count). The Balaban J connectivity index is 1.61. The number of amides is 1. The van der Waals surface area contributed by atoms with Crippen LogP contribution >= 0.6 is 0 Å². The van der Waals surface area contributed by atoms with Crippen molar-refractivity contribution in [2.45, 2.75) is 383 Å². The molecule has 14 heteroatoms. The number of carbonyl (C=O) groups is 1. The quantitative estimate of drug-likeness (QED) is 0.0259. The van der Waals surface area contributed by atoms with Crippen molar-refractivity contribution in [3.05, 3.63) is 0 Å². The molecule has 78 heavy (non-hydrogen) atoms. The van der Waals surface area contributed by atoms with Gasteiger partial charge in [-0.1, -0.05) is 290 Å². The Bertz CT molecular complexity index is 1310. The normalized spacial score (nSPS) is 24.4. The Hall–Kier alpha value is -1.01. The van der Waals surface area contributed by atoms with E-state index in [0.717, 1.165) is 51.4 Å². The highest BCUT2D eigenvalue weighted by Crippen LogP contribution is 2.30. The second kappa shape index (κ2) is 50.5. The Morgan fingerprint density at radius 2 is 0.731 bits per heavy atom. The van der Waals surface area contributed by atoms with E-state index in [1.807, 2.05) is 0 Å². The summed E-state index contributed by atoms with van der Waals surface area (Å²) in [7, 11) is 0. The number of unbranched alkanes of at least 4 members (excludes halogenated alkanes) is 42. The van der Waals surface area contributed by atoms with Gasteiger partial charge in [-0.3, -0.25) is 4.79 Å². The number of carbonyl (C=O) groups excluding carboxylic acids is 1. The molecule has 0 aliphatic carbocycles. The van der Waals surface area contributed by atoms with Crippen LogP contribution in [0.5, 0.6) is 0 Å². The predicted octanol–water partition coefficient (Wildman–Crippen LogP) is 12.5. The van der Waals surface area contributed by atoms with Gasteiger partial charge in [0.15, 0.2) is 12.6 Å². The summed E-state index contributed by atoms with van der Waals surface area (Å²) in [5.41, 5.74) is 0. The van der Waals surface area contributed by atoms with Crippen molar-refractivity contribution >= 4 is 5.91 Å². The van der Waals surface area contributed by atoms with Crippen molar-refractivity contribution in [1.29, 1.82) is 0 Å². The summed E-state index contributed by atoms with van der Waals surface area (Å²) in [6.07, 6.45) is 41.4. The molecule has 0 bridgehead atoms. The van der Waals surface area contributed by atoms with Crippen LogP contribution in [0.2, 0.25) is 0 Å². The molecule has 0 spiro atoms. The van der Waals surface area contributed by atoms with Crippen molar-refractivity contribution in [2.24, 2.45) is 0 Å². The Morgan fingerprint density at radius 3 is 1.09 bits per heavy atom. The first kappa shape index (κ1) is 73.1. The minimum atomic E-state index is -1.78. The number of nitrogens with one attached hydrogen (secondary N) is 1. The van der Waals surface area contributed by atoms with Gasteiger partial charge in [0.25, 0.3) is 0 Å². The minimum Gasteiger partial charge on any atom is -0.394 e. The van der Waals surface area contributed by atoms with Crippen LogP contribution in [-0.2, 0) is 23.7 Å². The van der Waals surface area contributed by atoms with Crippen LogP contribution in [0, 0.1) is 0 Å². The number of aliphatic hydroxyl groups excluding tert-OH is 8. The van der Waals surface area contributed by atoms with E-state index < -0.39 is 86.8 Å². The third-order valence-corrected chi connectivity index (χ3v) is 16.8. The van der Waals surface area contributed by atoms with E-state index in [2.05, 4.69) is 19.2 Å². The molecule has 0 aromatic rings. The number of ether oxygens (including phenoxy) is 4. The van der Waals surface area contributed by atoms with Crippen LogP contribution in [0.1, 0.15) is 309 Å². The largest absolute Gasteiger partial charge is 0.394 e. The van der Waals surface area contributed by atoms with Crippen LogP contribution in [0.15, 0.2) is 0 Å². The lowest BCUT2D eigenvalue weighted by Crippen LogP contribution is -2.65. The molecule has 464 valence electrons. The molecule has 14 nitrogen and oxygen atoms in total. The summed E-state index contributed by atoms with van der Waals surface area (Å²) in [6.45, 7) is 2.89.